The summed E-state index contributed by atoms with van der Waals surface area (Å²) in [7, 11) is 1.68. The lowest BCUT2D eigenvalue weighted by atomic mass is 10.3. The Balaban J connectivity index is 2.84. The maximum absolute atomic E-state index is 9.12. The maximum atomic E-state index is 9.12. The highest BCUT2D eigenvalue weighted by Crippen LogP contribution is 2.23. The van der Waals surface area contributed by atoms with E-state index in [4.69, 9.17) is 21.4 Å². The highest BCUT2D eigenvalue weighted by molar-refractivity contribution is 6.31. The number of nitrogens with zero attached hydrogens (tertiary/aromatic N) is 3. The van der Waals surface area contributed by atoms with Crippen molar-refractivity contribution in [1.29, 1.82) is 0 Å². The molecule has 1 heterocycles. The Morgan fingerprint density at radius 1 is 1.37 bits per heavy atom. The van der Waals surface area contributed by atoms with Gasteiger partial charge in [0.2, 0.25) is 0 Å². The predicted octanol–water partition coefficient (Wildman–Crippen LogP) is 1.56. The Bertz CT molecular complexity index is 382. The largest absolute Gasteiger partial charge is 0.395 e. The van der Waals surface area contributed by atoms with Crippen LogP contribution in [0.3, 0.4) is 0 Å². The number of aliphatic hydroxyl groups excluding tert-OH is 1. The SMILES string of the molecule is CCc1nn(CC)c(CN(CCO)CCOC)c1Cl. The van der Waals surface area contributed by atoms with Gasteiger partial charge in [-0.15, -0.1) is 0 Å². The van der Waals surface area contributed by atoms with Crippen molar-refractivity contribution in [3.63, 3.8) is 0 Å². The fourth-order valence-corrected chi connectivity index (χ4v) is 2.34. The van der Waals surface area contributed by atoms with Crippen LogP contribution in [-0.4, -0.2) is 53.2 Å². The average Bonchev–Trinajstić information content (AvgIpc) is 2.72. The van der Waals surface area contributed by atoms with Crippen LogP contribution < -0.4 is 0 Å². The van der Waals surface area contributed by atoms with Gasteiger partial charge in [0, 0.05) is 33.3 Å². The molecule has 0 saturated heterocycles. The Morgan fingerprint density at radius 3 is 2.63 bits per heavy atom. The molecule has 0 unspecified atom stereocenters. The number of ether oxygens (including phenoxy) is 1. The summed E-state index contributed by atoms with van der Waals surface area (Å²) < 4.78 is 7.03. The fourth-order valence-electron chi connectivity index (χ4n) is 2.01. The van der Waals surface area contributed by atoms with Crippen LogP contribution >= 0.6 is 11.6 Å². The fraction of sp³-hybridized carbons (Fsp3) is 0.769. The molecule has 0 aliphatic carbocycles. The quantitative estimate of drug-likeness (QED) is 0.750. The highest BCUT2D eigenvalue weighted by atomic mass is 35.5. The molecular weight excluding hydrogens is 266 g/mol. The molecule has 1 aromatic rings. The molecule has 1 N–H and O–H groups in total. The smallest absolute Gasteiger partial charge is 0.0863 e. The van der Waals surface area contributed by atoms with Crippen LogP contribution in [-0.2, 0) is 24.2 Å². The lowest BCUT2D eigenvalue weighted by Crippen LogP contribution is -2.31. The van der Waals surface area contributed by atoms with Gasteiger partial charge in [-0.3, -0.25) is 9.58 Å². The lowest BCUT2D eigenvalue weighted by Gasteiger charge is -2.21. The van der Waals surface area contributed by atoms with Gasteiger partial charge in [-0.05, 0) is 13.3 Å². The zero-order valence-electron chi connectivity index (χ0n) is 12.0. The summed E-state index contributed by atoms with van der Waals surface area (Å²) in [6.07, 6.45) is 0.830. The Labute approximate surface area is 120 Å². The first-order valence-corrected chi connectivity index (χ1v) is 7.11. The van der Waals surface area contributed by atoms with Crippen molar-refractivity contribution in [2.24, 2.45) is 0 Å². The van der Waals surface area contributed by atoms with Gasteiger partial charge in [-0.1, -0.05) is 18.5 Å². The molecule has 0 aromatic carbocycles. The lowest BCUT2D eigenvalue weighted by molar-refractivity contribution is 0.125. The van der Waals surface area contributed by atoms with Crippen LogP contribution in [0.5, 0.6) is 0 Å². The van der Waals surface area contributed by atoms with Crippen molar-refractivity contribution in [2.45, 2.75) is 33.4 Å². The van der Waals surface area contributed by atoms with E-state index in [2.05, 4.69) is 23.8 Å². The summed E-state index contributed by atoms with van der Waals surface area (Å²) in [5.41, 5.74) is 1.96. The molecule has 0 aliphatic heterocycles. The second kappa shape index (κ2) is 8.53. The van der Waals surface area contributed by atoms with Crippen molar-refractivity contribution in [2.75, 3.05) is 33.4 Å². The molecular formula is C13H24ClN3O2. The number of hydrogen-bond acceptors (Lipinski definition) is 4. The number of aromatic nitrogens is 2. The topological polar surface area (TPSA) is 50.5 Å². The molecule has 0 bridgehead atoms. The minimum Gasteiger partial charge on any atom is -0.395 e. The number of hydrogen-bond donors (Lipinski definition) is 1. The zero-order valence-corrected chi connectivity index (χ0v) is 12.8. The van der Waals surface area contributed by atoms with E-state index < -0.39 is 0 Å². The summed E-state index contributed by atoms with van der Waals surface area (Å²) in [5, 5.41) is 14.4. The molecule has 0 amide bonds. The third-order valence-corrected chi connectivity index (χ3v) is 3.53. The van der Waals surface area contributed by atoms with Crippen LogP contribution in [0, 0.1) is 0 Å². The van der Waals surface area contributed by atoms with Crippen molar-refractivity contribution < 1.29 is 9.84 Å². The van der Waals surface area contributed by atoms with Gasteiger partial charge in [0.25, 0.3) is 0 Å². The van der Waals surface area contributed by atoms with Crippen molar-refractivity contribution in [3.05, 3.63) is 16.4 Å². The van der Waals surface area contributed by atoms with Crippen molar-refractivity contribution >= 4 is 11.6 Å². The van der Waals surface area contributed by atoms with Gasteiger partial charge in [0.05, 0.1) is 29.6 Å². The van der Waals surface area contributed by atoms with Crippen LogP contribution in [0.15, 0.2) is 0 Å². The minimum absolute atomic E-state index is 0.127. The Kier molecular flexibility index (Phi) is 7.38. The molecule has 1 aromatic heterocycles. The number of aliphatic hydroxyl groups is 1. The molecule has 0 spiro atoms. The van der Waals surface area contributed by atoms with Crippen LogP contribution in [0.25, 0.3) is 0 Å². The molecule has 0 fully saturated rings. The summed E-state index contributed by atoms with van der Waals surface area (Å²) in [4.78, 5) is 2.12. The van der Waals surface area contributed by atoms with Crippen LogP contribution in [0.2, 0.25) is 5.02 Å². The average molecular weight is 290 g/mol. The minimum atomic E-state index is 0.127. The van der Waals surface area contributed by atoms with Gasteiger partial charge in [0.1, 0.15) is 0 Å². The molecule has 110 valence electrons. The number of halogens is 1. The molecule has 0 radical (unpaired) electrons. The predicted molar refractivity (Wildman–Crippen MR) is 76.5 cm³/mol. The number of methoxy groups -OCH3 is 1. The number of rotatable bonds is 9. The Hall–Kier alpha value is -0.620. The first-order chi connectivity index (χ1) is 9.17. The van der Waals surface area contributed by atoms with Crippen molar-refractivity contribution in [3.8, 4) is 0 Å². The van der Waals surface area contributed by atoms with Gasteiger partial charge in [0.15, 0.2) is 0 Å². The molecule has 0 atom stereocenters. The van der Waals surface area contributed by atoms with Gasteiger partial charge in [-0.25, -0.2) is 0 Å². The van der Waals surface area contributed by atoms with Gasteiger partial charge in [-0.2, -0.15) is 5.10 Å². The van der Waals surface area contributed by atoms with E-state index in [-0.39, 0.29) is 6.61 Å². The Morgan fingerprint density at radius 2 is 2.11 bits per heavy atom. The van der Waals surface area contributed by atoms with Crippen molar-refractivity contribution in [1.82, 2.24) is 14.7 Å². The summed E-state index contributed by atoms with van der Waals surface area (Å²) in [6.45, 7) is 7.72. The molecule has 0 aliphatic rings. The van der Waals surface area contributed by atoms with Crippen LogP contribution in [0.1, 0.15) is 25.2 Å². The van der Waals surface area contributed by atoms with E-state index in [0.29, 0.717) is 19.7 Å². The molecule has 1 rings (SSSR count). The van der Waals surface area contributed by atoms with E-state index in [1.54, 1.807) is 7.11 Å². The standard InChI is InChI=1S/C13H24ClN3O2/c1-4-11-13(14)12(17(5-2)15-11)10-16(6-8-18)7-9-19-3/h18H,4-10H2,1-3H3. The monoisotopic (exact) mass is 289 g/mol. The van der Waals surface area contributed by atoms with E-state index >= 15 is 0 Å². The summed E-state index contributed by atoms with van der Waals surface area (Å²) in [5.74, 6) is 0. The molecule has 6 heteroatoms. The van der Waals surface area contributed by atoms with Gasteiger partial charge >= 0.3 is 0 Å². The first kappa shape index (κ1) is 16.4. The molecule has 19 heavy (non-hydrogen) atoms. The molecule has 5 nitrogen and oxygen atoms in total. The zero-order chi connectivity index (χ0) is 14.3. The highest BCUT2D eigenvalue weighted by Gasteiger charge is 2.17. The maximum Gasteiger partial charge on any atom is 0.0863 e. The summed E-state index contributed by atoms with van der Waals surface area (Å²) >= 11 is 6.38. The first-order valence-electron chi connectivity index (χ1n) is 6.74. The number of aryl methyl sites for hydroxylation is 2. The molecule has 0 saturated carbocycles. The third kappa shape index (κ3) is 4.45. The normalized spacial score (nSPS) is 11.5. The van der Waals surface area contributed by atoms with Gasteiger partial charge < -0.3 is 9.84 Å². The van der Waals surface area contributed by atoms with Crippen LogP contribution in [0.4, 0.5) is 0 Å². The van der Waals surface area contributed by atoms with E-state index in [1.807, 2.05) is 4.68 Å². The summed E-state index contributed by atoms with van der Waals surface area (Å²) in [6, 6.07) is 0. The van der Waals surface area contributed by atoms with E-state index in [9.17, 15) is 0 Å². The van der Waals surface area contributed by atoms with E-state index in [1.165, 1.54) is 0 Å². The second-order valence-corrected chi connectivity index (χ2v) is 4.75. The third-order valence-electron chi connectivity index (χ3n) is 3.10. The second-order valence-electron chi connectivity index (χ2n) is 4.37. The van der Waals surface area contributed by atoms with E-state index in [0.717, 1.165) is 35.9 Å².